The molecule has 23 nitrogen and oxygen atoms in total. The second kappa shape index (κ2) is 30.0. The van der Waals surface area contributed by atoms with Crippen molar-refractivity contribution in [3.05, 3.63) is 65.9 Å². The lowest BCUT2D eigenvalue weighted by Crippen LogP contribution is -2.61. The standard InChI is InChI=1S/C54H81N11O12/c1-8-30(5)44(63-47(69)37(56)25-33-19-21-35(67)22-20-33)52(74)61-41(28-66)53(75)65-24-14-18-42(65)50(72)60-40(26-34-27-57-38-16-11-10-15-36(34)38)49(71)64-45(31(6)9-2)51(73)59-39(17-12-13-23-55)48(70)58-32(7)46(68)62-43(29(3)4)54(76)77/h10-11,15-16,19-22,27,29-32,37,39-45,57,66-67H,8-9,12-14,17-18,23-26,28,55-56H2,1-7H3,(H,58,70)(H,59,73)(H,60,72)(H,61,74)(H,62,68)(H,63,69)(H,64,71)(H,76,77)/t30-,31-,32-,37-,39-,40-,41-,42-,43-,44-,45-/m0/s1. The van der Waals surface area contributed by atoms with Crippen LogP contribution in [0.3, 0.4) is 0 Å². The third kappa shape index (κ3) is 17.7. The van der Waals surface area contributed by atoms with Gasteiger partial charge in [0.25, 0.3) is 0 Å². The molecule has 1 aromatic heterocycles. The van der Waals surface area contributed by atoms with Gasteiger partial charge in [0, 0.05) is 30.1 Å². The average molecular weight is 1080 g/mol. The minimum Gasteiger partial charge on any atom is -0.508 e. The Morgan fingerprint density at radius 2 is 1.27 bits per heavy atom. The summed E-state index contributed by atoms with van der Waals surface area (Å²) in [5.41, 5.74) is 14.0. The Hall–Kier alpha value is -7.11. The van der Waals surface area contributed by atoms with Crippen LogP contribution in [-0.4, -0.2) is 153 Å². The molecule has 1 aliphatic rings. The molecule has 1 saturated heterocycles. The van der Waals surface area contributed by atoms with Crippen molar-refractivity contribution < 1.29 is 58.5 Å². The highest BCUT2D eigenvalue weighted by atomic mass is 16.4. The zero-order chi connectivity index (χ0) is 57.1. The van der Waals surface area contributed by atoms with Gasteiger partial charge in [-0.1, -0.05) is 84.7 Å². The van der Waals surface area contributed by atoms with Crippen LogP contribution in [-0.2, 0) is 56.0 Å². The molecule has 0 unspecified atom stereocenters. The fourth-order valence-electron chi connectivity index (χ4n) is 9.04. The topological polar surface area (TPSA) is 370 Å². The largest absolute Gasteiger partial charge is 0.508 e. The van der Waals surface area contributed by atoms with E-state index >= 15 is 0 Å². The number of nitrogens with two attached hydrogens (primary N) is 2. The lowest BCUT2D eigenvalue weighted by molar-refractivity contribution is -0.143. The van der Waals surface area contributed by atoms with Gasteiger partial charge in [0.15, 0.2) is 0 Å². The molecule has 0 saturated carbocycles. The number of benzene rings is 2. The van der Waals surface area contributed by atoms with Crippen LogP contribution in [0.25, 0.3) is 10.9 Å². The highest BCUT2D eigenvalue weighted by Crippen LogP contribution is 2.23. The Labute approximate surface area is 449 Å². The summed E-state index contributed by atoms with van der Waals surface area (Å²) in [6.07, 6.45) is 4.11. The number of carboxylic acid groups (broad SMARTS) is 1. The van der Waals surface area contributed by atoms with Crippen LogP contribution in [0.1, 0.15) is 105 Å². The highest BCUT2D eigenvalue weighted by molar-refractivity contribution is 5.99. The highest BCUT2D eigenvalue weighted by Gasteiger charge is 2.41. The molecule has 77 heavy (non-hydrogen) atoms. The number of aliphatic carboxylic acids is 1. The van der Waals surface area contributed by atoms with Crippen LogP contribution in [0.2, 0.25) is 0 Å². The number of phenols is 1. The number of phenolic OH excluding ortho intramolecular Hbond substituents is 1. The molecule has 3 aromatic rings. The number of nitrogens with one attached hydrogen (secondary N) is 8. The van der Waals surface area contributed by atoms with Gasteiger partial charge in [-0.05, 0) is 99.1 Å². The number of aromatic amines is 1. The van der Waals surface area contributed by atoms with Gasteiger partial charge in [-0.2, -0.15) is 0 Å². The number of fused-ring (bicyclic) bond motifs is 1. The number of aliphatic hydroxyl groups is 1. The number of hydrogen-bond donors (Lipinski definition) is 13. The molecule has 4 rings (SSSR count). The summed E-state index contributed by atoms with van der Waals surface area (Å²) in [7, 11) is 0. The number of nitrogens with zero attached hydrogens (tertiary/aromatic N) is 1. The number of aromatic hydroxyl groups is 1. The number of aromatic nitrogens is 1. The molecule has 0 bridgehead atoms. The van der Waals surface area contributed by atoms with Gasteiger partial charge in [0.1, 0.15) is 54.1 Å². The molecule has 424 valence electrons. The summed E-state index contributed by atoms with van der Waals surface area (Å²) in [4.78, 5) is 128. The summed E-state index contributed by atoms with van der Waals surface area (Å²) < 4.78 is 0. The van der Waals surface area contributed by atoms with Crippen molar-refractivity contribution in [2.24, 2.45) is 29.2 Å². The first-order valence-electron chi connectivity index (χ1n) is 26.6. The Balaban J connectivity index is 1.55. The van der Waals surface area contributed by atoms with E-state index in [9.17, 15) is 58.5 Å². The van der Waals surface area contributed by atoms with E-state index in [-0.39, 0.29) is 38.0 Å². The first-order valence-corrected chi connectivity index (χ1v) is 26.6. The fraction of sp³-hybridized carbons (Fsp3) is 0.574. The molecule has 0 spiro atoms. The first kappa shape index (κ1) is 62.4. The third-order valence-corrected chi connectivity index (χ3v) is 14.2. The van der Waals surface area contributed by atoms with Gasteiger partial charge in [0.05, 0.1) is 12.6 Å². The zero-order valence-electron chi connectivity index (χ0n) is 45.2. The Bertz CT molecular complexity index is 2500. The summed E-state index contributed by atoms with van der Waals surface area (Å²) in [5, 5.41) is 49.2. The van der Waals surface area contributed by atoms with Gasteiger partial charge in [-0.15, -0.1) is 0 Å². The van der Waals surface area contributed by atoms with Crippen molar-refractivity contribution in [3.63, 3.8) is 0 Å². The van der Waals surface area contributed by atoms with Crippen LogP contribution in [0.4, 0.5) is 0 Å². The van der Waals surface area contributed by atoms with E-state index in [1.165, 1.54) is 24.0 Å². The third-order valence-electron chi connectivity index (χ3n) is 14.2. The zero-order valence-corrected chi connectivity index (χ0v) is 45.2. The van der Waals surface area contributed by atoms with Crippen molar-refractivity contribution in [3.8, 4) is 5.75 Å². The molecule has 8 amide bonds. The lowest BCUT2D eigenvalue weighted by atomic mass is 9.96. The SMILES string of the molecule is CC[C@H](C)[C@H](NC(=O)[C@H](Cc1c[nH]c2ccccc12)NC(=O)[C@@H]1CCCN1C(=O)[C@H](CO)NC(=O)[C@@H](NC(=O)[C@@H](N)Cc1ccc(O)cc1)[C@@H](C)CC)C(=O)N[C@@H](CCCCN)C(=O)N[C@@H](C)C(=O)N[C@H](C(=O)O)C(C)C. The molecule has 1 aliphatic heterocycles. The minimum absolute atomic E-state index is 0.0447. The number of carbonyl (C=O) groups excluding carboxylic acids is 8. The summed E-state index contributed by atoms with van der Waals surface area (Å²) in [5.74, 6) is -8.44. The van der Waals surface area contributed by atoms with Crippen LogP contribution in [0, 0.1) is 17.8 Å². The van der Waals surface area contributed by atoms with Crippen molar-refractivity contribution in [1.82, 2.24) is 47.1 Å². The maximum atomic E-state index is 14.7. The number of likely N-dealkylation sites (tertiary alicyclic amines) is 1. The molecule has 0 radical (unpaired) electrons. The van der Waals surface area contributed by atoms with Crippen molar-refractivity contribution in [1.29, 1.82) is 0 Å². The summed E-state index contributed by atoms with van der Waals surface area (Å²) in [6, 6.07) is 2.39. The van der Waals surface area contributed by atoms with Crippen LogP contribution >= 0.6 is 0 Å². The van der Waals surface area contributed by atoms with Crippen LogP contribution in [0.15, 0.2) is 54.7 Å². The van der Waals surface area contributed by atoms with Gasteiger partial charge < -0.3 is 73.9 Å². The van der Waals surface area contributed by atoms with Gasteiger partial charge in [-0.3, -0.25) is 38.4 Å². The molecular formula is C54H81N11O12. The molecule has 0 aliphatic carbocycles. The van der Waals surface area contributed by atoms with E-state index in [4.69, 9.17) is 11.5 Å². The number of H-pyrrole nitrogens is 1. The van der Waals surface area contributed by atoms with E-state index in [0.29, 0.717) is 49.8 Å². The van der Waals surface area contributed by atoms with E-state index in [1.807, 2.05) is 31.2 Å². The minimum atomic E-state index is -1.53. The van der Waals surface area contributed by atoms with Gasteiger partial charge >= 0.3 is 5.97 Å². The Morgan fingerprint density at radius 3 is 1.86 bits per heavy atom. The van der Waals surface area contributed by atoms with E-state index in [0.717, 1.165) is 10.9 Å². The number of unbranched alkanes of at least 4 members (excludes halogenated alkanes) is 1. The van der Waals surface area contributed by atoms with E-state index in [2.05, 4.69) is 42.2 Å². The van der Waals surface area contributed by atoms with Crippen LogP contribution in [0.5, 0.6) is 5.75 Å². The number of amides is 8. The van der Waals surface area contributed by atoms with Crippen molar-refractivity contribution >= 4 is 64.1 Å². The lowest BCUT2D eigenvalue weighted by Gasteiger charge is -2.31. The van der Waals surface area contributed by atoms with Gasteiger partial charge in [0.2, 0.25) is 47.3 Å². The van der Waals surface area contributed by atoms with E-state index in [1.54, 1.807) is 52.9 Å². The number of carboxylic acids is 1. The summed E-state index contributed by atoms with van der Waals surface area (Å²) >= 11 is 0. The predicted octanol–water partition coefficient (Wildman–Crippen LogP) is 0.345. The predicted molar refractivity (Wildman–Crippen MR) is 287 cm³/mol. The van der Waals surface area contributed by atoms with Crippen LogP contribution < -0.4 is 48.7 Å². The first-order chi connectivity index (χ1) is 36.5. The monoisotopic (exact) mass is 1080 g/mol. The number of carbonyl (C=O) groups is 9. The number of aliphatic hydroxyl groups excluding tert-OH is 1. The number of hydrogen-bond acceptors (Lipinski definition) is 13. The fourth-order valence-corrected chi connectivity index (χ4v) is 9.04. The normalized spacial score (nSPS) is 17.3. The Kier molecular flexibility index (Phi) is 24.3. The van der Waals surface area contributed by atoms with Crippen molar-refractivity contribution in [2.45, 2.75) is 161 Å². The molecule has 23 heteroatoms. The second-order valence-corrected chi connectivity index (χ2v) is 20.4. The van der Waals surface area contributed by atoms with E-state index < -0.39 is 132 Å². The molecule has 2 heterocycles. The summed E-state index contributed by atoms with van der Waals surface area (Å²) in [6.45, 7) is 11.2. The van der Waals surface area contributed by atoms with Gasteiger partial charge in [-0.25, -0.2) is 4.79 Å². The molecule has 2 aromatic carbocycles. The number of rotatable bonds is 30. The number of para-hydroxylation sites is 1. The smallest absolute Gasteiger partial charge is 0.326 e. The molecule has 15 N–H and O–H groups in total. The maximum absolute atomic E-state index is 14.7. The molecular weight excluding hydrogens is 995 g/mol. The molecule has 11 atom stereocenters. The quantitative estimate of drug-likeness (QED) is 0.0401. The average Bonchev–Trinajstić information content (AvgIpc) is 4.07. The Morgan fingerprint density at radius 1 is 0.688 bits per heavy atom. The molecule has 1 fully saturated rings. The second-order valence-electron chi connectivity index (χ2n) is 20.4. The maximum Gasteiger partial charge on any atom is 0.326 e. The van der Waals surface area contributed by atoms with Crippen molar-refractivity contribution in [2.75, 3.05) is 19.7 Å².